The zero-order valence-corrected chi connectivity index (χ0v) is 22.4. The van der Waals surface area contributed by atoms with Gasteiger partial charge in [0, 0.05) is 44.4 Å². The van der Waals surface area contributed by atoms with Crippen LogP contribution in [-0.2, 0) is 6.42 Å². The van der Waals surface area contributed by atoms with Crippen molar-refractivity contribution in [1.82, 2.24) is 15.0 Å². The lowest BCUT2D eigenvalue weighted by atomic mass is 10.0. The molecule has 5 aromatic carbocycles. The van der Waals surface area contributed by atoms with E-state index in [0.717, 1.165) is 79.1 Å². The maximum Gasteiger partial charge on any atom is 0.164 e. The minimum atomic E-state index is 0.577. The summed E-state index contributed by atoms with van der Waals surface area (Å²) in [7, 11) is 0. The third-order valence-corrected chi connectivity index (χ3v) is 8.01. The van der Waals surface area contributed by atoms with Crippen LogP contribution in [0.1, 0.15) is 12.0 Å². The fourth-order valence-electron chi connectivity index (χ4n) is 6.00. The Balaban J connectivity index is 1.29. The van der Waals surface area contributed by atoms with Crippen molar-refractivity contribution in [1.29, 1.82) is 0 Å². The van der Waals surface area contributed by atoms with Gasteiger partial charge < -0.3 is 8.83 Å². The number of fused-ring (bicyclic) bond motifs is 7. The maximum absolute atomic E-state index is 6.35. The Morgan fingerprint density at radius 1 is 0.524 bits per heavy atom. The van der Waals surface area contributed by atoms with Crippen molar-refractivity contribution in [3.8, 4) is 34.2 Å². The number of benzene rings is 5. The van der Waals surface area contributed by atoms with Gasteiger partial charge in [0.2, 0.25) is 0 Å². The summed E-state index contributed by atoms with van der Waals surface area (Å²) < 4.78 is 12.5. The van der Waals surface area contributed by atoms with E-state index in [-0.39, 0.29) is 0 Å². The molecule has 6 nitrogen and oxygen atoms in total. The second kappa shape index (κ2) is 8.94. The summed E-state index contributed by atoms with van der Waals surface area (Å²) in [6, 6.07) is 34.5. The van der Waals surface area contributed by atoms with Crippen LogP contribution in [0.4, 0.5) is 5.69 Å². The first-order valence-corrected chi connectivity index (χ1v) is 14.0. The average molecular weight is 543 g/mol. The molecule has 42 heavy (non-hydrogen) atoms. The van der Waals surface area contributed by atoms with Crippen LogP contribution >= 0.6 is 0 Å². The average Bonchev–Trinajstić information content (AvgIpc) is 3.61. The van der Waals surface area contributed by atoms with Gasteiger partial charge in [-0.25, -0.2) is 15.0 Å². The number of nitrogens with zero attached hydrogens (tertiary/aromatic N) is 4. The van der Waals surface area contributed by atoms with Crippen LogP contribution in [0.5, 0.6) is 0 Å². The van der Waals surface area contributed by atoms with E-state index in [1.807, 2.05) is 72.9 Å². The first-order valence-electron chi connectivity index (χ1n) is 14.0. The first kappa shape index (κ1) is 23.1. The van der Waals surface area contributed by atoms with Gasteiger partial charge >= 0.3 is 0 Å². The van der Waals surface area contributed by atoms with Crippen molar-refractivity contribution >= 4 is 55.8 Å². The van der Waals surface area contributed by atoms with E-state index in [9.17, 15) is 0 Å². The number of rotatable bonds is 3. The molecule has 0 fully saturated rings. The number of hydrogen-bond donors (Lipinski definition) is 0. The Morgan fingerprint density at radius 3 is 2.19 bits per heavy atom. The molecule has 0 unspecified atom stereocenters. The molecule has 0 saturated carbocycles. The second-order valence-corrected chi connectivity index (χ2v) is 10.6. The van der Waals surface area contributed by atoms with E-state index in [4.69, 9.17) is 23.8 Å². The molecule has 0 N–H and O–H groups in total. The molecule has 0 bridgehead atoms. The lowest BCUT2D eigenvalue weighted by Crippen LogP contribution is -2.00. The van der Waals surface area contributed by atoms with Crippen molar-refractivity contribution in [3.63, 3.8) is 0 Å². The van der Waals surface area contributed by atoms with E-state index in [2.05, 4.69) is 41.4 Å². The van der Waals surface area contributed by atoms with Gasteiger partial charge in [0.15, 0.2) is 17.5 Å². The monoisotopic (exact) mass is 542 g/mol. The highest BCUT2D eigenvalue weighted by atomic mass is 16.3. The lowest BCUT2D eigenvalue weighted by molar-refractivity contribution is 0.668. The summed E-state index contributed by atoms with van der Waals surface area (Å²) in [5.74, 6) is 1.76. The Morgan fingerprint density at radius 2 is 1.26 bits per heavy atom. The number of hydrogen-bond acceptors (Lipinski definition) is 6. The van der Waals surface area contributed by atoms with E-state index in [1.165, 1.54) is 5.56 Å². The van der Waals surface area contributed by atoms with E-state index >= 15 is 0 Å². The predicted molar refractivity (Wildman–Crippen MR) is 167 cm³/mol. The molecule has 6 heteroatoms. The van der Waals surface area contributed by atoms with Crippen LogP contribution in [0, 0.1) is 0 Å². The summed E-state index contributed by atoms with van der Waals surface area (Å²) in [6.07, 6.45) is 3.89. The summed E-state index contributed by atoms with van der Waals surface area (Å²) in [5, 5.41) is 4.13. The largest absolute Gasteiger partial charge is 0.456 e. The van der Waals surface area contributed by atoms with Gasteiger partial charge in [-0.2, -0.15) is 0 Å². The number of para-hydroxylation sites is 1. The second-order valence-electron chi connectivity index (χ2n) is 10.6. The lowest BCUT2D eigenvalue weighted by Gasteiger charge is -2.10. The molecule has 0 saturated heterocycles. The van der Waals surface area contributed by atoms with Crippen LogP contribution in [0.2, 0.25) is 0 Å². The zero-order valence-electron chi connectivity index (χ0n) is 22.4. The standard InChI is InChI=1S/C36H22N4O2/c1-2-8-21(9-3-1)34-38-35(23-15-16-25-24-11-4-5-13-29(24)41-31(25)19-23)40-36(39-34)26-12-6-14-30-33(26)27-20-28-22(10-7-17-37-28)18-32(27)42-30/h1-6,8-9,11-20H,7,10H2. The maximum atomic E-state index is 6.35. The SMILES string of the molecule is C1=Nc2cc3c(cc2CC1)oc1cccc(-c2nc(-c4ccccc4)nc(-c4ccc5c(c4)oc4ccccc45)n2)c13. The minimum absolute atomic E-state index is 0.577. The van der Waals surface area contributed by atoms with Crippen LogP contribution < -0.4 is 0 Å². The molecule has 4 heterocycles. The highest BCUT2D eigenvalue weighted by Gasteiger charge is 2.20. The molecule has 8 aromatic rings. The van der Waals surface area contributed by atoms with Crippen LogP contribution in [0.25, 0.3) is 78.0 Å². The van der Waals surface area contributed by atoms with Crippen LogP contribution in [0.15, 0.2) is 117 Å². The van der Waals surface area contributed by atoms with Crippen molar-refractivity contribution in [3.05, 3.63) is 109 Å². The molecule has 198 valence electrons. The van der Waals surface area contributed by atoms with Gasteiger partial charge in [-0.3, -0.25) is 4.99 Å². The number of furan rings is 2. The van der Waals surface area contributed by atoms with Crippen molar-refractivity contribution < 1.29 is 8.83 Å². The Hall–Kier alpha value is -5.62. The van der Waals surface area contributed by atoms with E-state index < -0.39 is 0 Å². The normalized spacial score (nSPS) is 13.0. The number of aromatic nitrogens is 3. The van der Waals surface area contributed by atoms with Gasteiger partial charge in [-0.15, -0.1) is 0 Å². The molecule has 0 aliphatic carbocycles. The molecule has 9 rings (SSSR count). The van der Waals surface area contributed by atoms with Crippen LogP contribution in [-0.4, -0.2) is 21.2 Å². The van der Waals surface area contributed by atoms with Crippen molar-refractivity contribution in [2.24, 2.45) is 4.99 Å². The molecule has 0 amide bonds. The highest BCUT2D eigenvalue weighted by Crippen LogP contribution is 2.40. The predicted octanol–water partition coefficient (Wildman–Crippen LogP) is 9.32. The number of aliphatic imine (C=N–C) groups is 1. The molecule has 0 spiro atoms. The highest BCUT2D eigenvalue weighted by molar-refractivity contribution is 6.13. The van der Waals surface area contributed by atoms with Gasteiger partial charge in [-0.1, -0.05) is 66.7 Å². The topological polar surface area (TPSA) is 77.3 Å². The fraction of sp³-hybridized carbons (Fsp3) is 0.0556. The van der Waals surface area contributed by atoms with Crippen LogP contribution in [0.3, 0.4) is 0 Å². The Labute approximate surface area is 240 Å². The molecule has 0 radical (unpaired) electrons. The summed E-state index contributed by atoms with van der Waals surface area (Å²) in [5.41, 5.74) is 8.15. The van der Waals surface area contributed by atoms with Gasteiger partial charge in [-0.05, 0) is 54.8 Å². The van der Waals surface area contributed by atoms with Gasteiger partial charge in [0.25, 0.3) is 0 Å². The summed E-state index contributed by atoms with van der Waals surface area (Å²) in [4.78, 5) is 19.7. The molecule has 0 atom stereocenters. The quantitative estimate of drug-likeness (QED) is 0.222. The molecular weight excluding hydrogens is 520 g/mol. The van der Waals surface area contributed by atoms with Gasteiger partial charge in [0.05, 0.1) is 5.69 Å². The molecular formula is C36H22N4O2. The zero-order chi connectivity index (χ0) is 27.6. The number of aryl methyl sites for hydroxylation is 1. The fourth-order valence-corrected chi connectivity index (χ4v) is 6.00. The smallest absolute Gasteiger partial charge is 0.164 e. The van der Waals surface area contributed by atoms with Crippen molar-refractivity contribution in [2.45, 2.75) is 12.8 Å². The van der Waals surface area contributed by atoms with E-state index in [0.29, 0.717) is 17.5 Å². The third kappa shape index (κ3) is 3.58. The van der Waals surface area contributed by atoms with Crippen molar-refractivity contribution in [2.75, 3.05) is 0 Å². The molecule has 1 aliphatic rings. The first-order chi connectivity index (χ1) is 20.8. The summed E-state index contributed by atoms with van der Waals surface area (Å²) in [6.45, 7) is 0. The molecule has 1 aliphatic heterocycles. The Bertz CT molecular complexity index is 2370. The third-order valence-electron chi connectivity index (χ3n) is 8.01. The minimum Gasteiger partial charge on any atom is -0.456 e. The molecule has 3 aromatic heterocycles. The summed E-state index contributed by atoms with van der Waals surface area (Å²) >= 11 is 0. The Kier molecular flexibility index (Phi) is 4.92. The van der Waals surface area contributed by atoms with E-state index in [1.54, 1.807) is 0 Å². The van der Waals surface area contributed by atoms with Gasteiger partial charge in [0.1, 0.15) is 22.3 Å².